The van der Waals surface area contributed by atoms with E-state index in [9.17, 15) is 0 Å². The Morgan fingerprint density at radius 2 is 1.63 bits per heavy atom. The van der Waals surface area contributed by atoms with Crippen LogP contribution in [0.1, 0.15) is 52.7 Å². The van der Waals surface area contributed by atoms with Gasteiger partial charge in [0.15, 0.2) is 0 Å². The quantitative estimate of drug-likeness (QED) is 0.327. The molecule has 0 spiro atoms. The predicted octanol–water partition coefficient (Wildman–Crippen LogP) is 7.25. The first kappa shape index (κ1) is 23.8. The van der Waals surface area contributed by atoms with E-state index >= 15 is 0 Å². The summed E-state index contributed by atoms with van der Waals surface area (Å²) in [4.78, 5) is 0. The summed E-state index contributed by atoms with van der Waals surface area (Å²) >= 11 is 0. The molecule has 0 saturated heterocycles. The van der Waals surface area contributed by atoms with Gasteiger partial charge >= 0.3 is 26.2 Å². The van der Waals surface area contributed by atoms with Crippen molar-refractivity contribution in [2.45, 2.75) is 48.0 Å². The van der Waals surface area contributed by atoms with Gasteiger partial charge in [-0.15, -0.1) is 5.56 Å². The standard InChI is InChI=1S/C13H9.C10H15.C3H7.Zr/c1-3-7-12-10(5-1)9-11-6-2-4-8-13(11)12;1-8-5-6-9(7-8)10(2,3)4;1-3-2;/h1-5,7-8H,9H2;6-8H,1-4H3;3H,1-2H3;/q3*-1;+3. The smallest absolute Gasteiger partial charge is 0.335 e. The summed E-state index contributed by atoms with van der Waals surface area (Å²) < 4.78 is 0. The summed E-state index contributed by atoms with van der Waals surface area (Å²) in [6, 6.07) is 18.1. The third-order valence-corrected chi connectivity index (χ3v) is 4.41. The van der Waals surface area contributed by atoms with E-state index < -0.39 is 0 Å². The first-order chi connectivity index (χ1) is 12.4. The summed E-state index contributed by atoms with van der Waals surface area (Å²) in [6.45, 7) is 12.9. The van der Waals surface area contributed by atoms with Crippen molar-refractivity contribution in [2.75, 3.05) is 0 Å². The van der Waals surface area contributed by atoms with Gasteiger partial charge in [-0.2, -0.15) is 55.3 Å². The molecule has 2 aromatic carbocycles. The number of hydrogen-bond acceptors (Lipinski definition) is 0. The Bertz CT molecular complexity index is 731. The fourth-order valence-electron chi connectivity index (χ4n) is 3.05. The van der Waals surface area contributed by atoms with Crippen molar-refractivity contribution in [3.63, 3.8) is 0 Å². The van der Waals surface area contributed by atoms with Crippen LogP contribution in [0.15, 0.2) is 60.2 Å². The Kier molecular flexibility index (Phi) is 9.68. The summed E-state index contributed by atoms with van der Waals surface area (Å²) in [5.41, 5.74) is 7.23. The second kappa shape index (κ2) is 11.0. The largest absolute Gasteiger partial charge is 3.00 e. The molecule has 2 aliphatic carbocycles. The maximum atomic E-state index is 3.30. The number of allylic oxidation sites excluding steroid dienone is 4. The third-order valence-electron chi connectivity index (χ3n) is 4.41. The zero-order chi connectivity index (χ0) is 19.2. The molecule has 0 amide bonds. The number of benzene rings is 2. The first-order valence-electron chi connectivity index (χ1n) is 9.50. The molecule has 0 aliphatic heterocycles. The van der Waals surface area contributed by atoms with Gasteiger partial charge in [0.1, 0.15) is 0 Å². The van der Waals surface area contributed by atoms with Crippen LogP contribution in [0.25, 0.3) is 11.1 Å². The number of fused-ring (bicyclic) bond motifs is 3. The average Bonchev–Trinajstić information content (AvgIpc) is 3.19. The molecule has 0 N–H and O–H groups in total. The van der Waals surface area contributed by atoms with E-state index in [4.69, 9.17) is 0 Å². The van der Waals surface area contributed by atoms with Crippen molar-refractivity contribution >= 4 is 0 Å². The molecule has 1 atom stereocenters. The third kappa shape index (κ3) is 6.72. The monoisotopic (exact) mass is 433 g/mol. The summed E-state index contributed by atoms with van der Waals surface area (Å²) in [6.07, 6.45) is 10.7. The maximum absolute atomic E-state index is 3.30. The predicted molar refractivity (Wildman–Crippen MR) is 114 cm³/mol. The molecule has 139 valence electrons. The SMILES string of the molecule is CC1[C-]=CC(C(C)(C)C)=C1.C[CH-]C.[Zr+3].[c-]1cccc2c1Cc1ccccc1-2. The van der Waals surface area contributed by atoms with Gasteiger partial charge in [-0.25, -0.2) is 6.08 Å². The molecule has 27 heavy (non-hydrogen) atoms. The molecule has 0 bridgehead atoms. The molecule has 2 aromatic rings. The van der Waals surface area contributed by atoms with Gasteiger partial charge in [0.25, 0.3) is 0 Å². The minimum Gasteiger partial charge on any atom is -0.335 e. The molecule has 0 aromatic heterocycles. The fraction of sp³-hybridized carbons (Fsp3) is 0.346. The number of hydrogen-bond donors (Lipinski definition) is 0. The van der Waals surface area contributed by atoms with E-state index in [0.29, 0.717) is 11.3 Å². The van der Waals surface area contributed by atoms with Gasteiger partial charge in [0.05, 0.1) is 0 Å². The van der Waals surface area contributed by atoms with Crippen molar-refractivity contribution in [3.05, 3.63) is 89.9 Å². The van der Waals surface area contributed by atoms with E-state index in [-0.39, 0.29) is 26.2 Å². The van der Waals surface area contributed by atoms with Crippen molar-refractivity contribution in [1.29, 1.82) is 0 Å². The van der Waals surface area contributed by atoms with Crippen LogP contribution in [0, 0.1) is 29.9 Å². The second-order valence-electron chi connectivity index (χ2n) is 7.95. The molecule has 1 radical (unpaired) electrons. The van der Waals surface area contributed by atoms with Crippen molar-refractivity contribution in [3.8, 4) is 11.1 Å². The Labute approximate surface area is 185 Å². The van der Waals surface area contributed by atoms with Crippen LogP contribution >= 0.6 is 0 Å². The molecule has 0 heterocycles. The Hall–Kier alpha value is -1.20. The molecular weight excluding hydrogens is 404 g/mol. The van der Waals surface area contributed by atoms with Gasteiger partial charge in [-0.1, -0.05) is 74.4 Å². The van der Waals surface area contributed by atoms with E-state index in [2.05, 4.69) is 88.4 Å². The van der Waals surface area contributed by atoms with Crippen LogP contribution in [0.2, 0.25) is 0 Å². The van der Waals surface area contributed by atoms with Crippen molar-refractivity contribution < 1.29 is 26.2 Å². The fourth-order valence-corrected chi connectivity index (χ4v) is 3.05. The van der Waals surface area contributed by atoms with E-state index in [1.54, 1.807) is 0 Å². The first-order valence-corrected chi connectivity index (χ1v) is 9.50. The Morgan fingerprint density at radius 3 is 2.19 bits per heavy atom. The number of rotatable bonds is 0. The van der Waals surface area contributed by atoms with Crippen molar-refractivity contribution in [1.82, 2.24) is 0 Å². The van der Waals surface area contributed by atoms with Crippen LogP contribution in [0.5, 0.6) is 0 Å². The van der Waals surface area contributed by atoms with Crippen LogP contribution in [0.4, 0.5) is 0 Å². The van der Waals surface area contributed by atoms with E-state index in [1.807, 2.05) is 26.3 Å². The minimum absolute atomic E-state index is 0. The van der Waals surface area contributed by atoms with Gasteiger partial charge in [-0.3, -0.25) is 6.08 Å². The van der Waals surface area contributed by atoms with Crippen molar-refractivity contribution in [2.24, 2.45) is 11.3 Å². The van der Waals surface area contributed by atoms with Gasteiger partial charge in [-0.05, 0) is 6.42 Å². The molecule has 1 unspecified atom stereocenters. The molecule has 1 heteroatoms. The summed E-state index contributed by atoms with van der Waals surface area (Å²) in [7, 11) is 0. The van der Waals surface area contributed by atoms with Crippen LogP contribution in [0.3, 0.4) is 0 Å². The molecule has 4 rings (SSSR count). The van der Waals surface area contributed by atoms with E-state index in [0.717, 1.165) is 6.42 Å². The molecule has 0 nitrogen and oxygen atoms in total. The molecular formula is C26H31Zr. The molecule has 0 saturated carbocycles. The molecule has 0 fully saturated rings. The maximum Gasteiger partial charge on any atom is 3.00 e. The van der Waals surface area contributed by atoms with Gasteiger partial charge in [0, 0.05) is 0 Å². The average molecular weight is 435 g/mol. The van der Waals surface area contributed by atoms with Gasteiger partial charge < -0.3 is 6.42 Å². The second-order valence-corrected chi connectivity index (χ2v) is 7.95. The Morgan fingerprint density at radius 1 is 1.00 bits per heavy atom. The minimum atomic E-state index is 0. The topological polar surface area (TPSA) is 0 Å². The Balaban J connectivity index is 0.000000235. The van der Waals surface area contributed by atoms with Crippen LogP contribution in [-0.4, -0.2) is 0 Å². The van der Waals surface area contributed by atoms with Crippen LogP contribution < -0.4 is 0 Å². The van der Waals surface area contributed by atoms with Crippen LogP contribution in [-0.2, 0) is 32.6 Å². The van der Waals surface area contributed by atoms with Gasteiger partial charge in [0.2, 0.25) is 0 Å². The zero-order valence-electron chi connectivity index (χ0n) is 17.6. The summed E-state index contributed by atoms with van der Waals surface area (Å²) in [5.74, 6) is 0.522. The normalized spacial score (nSPS) is 15.9. The zero-order valence-corrected chi connectivity index (χ0v) is 20.0. The summed E-state index contributed by atoms with van der Waals surface area (Å²) in [5, 5.41) is 0. The molecule has 2 aliphatic rings. The van der Waals surface area contributed by atoms with E-state index in [1.165, 1.54) is 27.8 Å².